The Morgan fingerprint density at radius 1 is 1.30 bits per heavy atom. The fourth-order valence-corrected chi connectivity index (χ4v) is 2.29. The van der Waals surface area contributed by atoms with Gasteiger partial charge in [0.15, 0.2) is 5.82 Å². The van der Waals surface area contributed by atoms with E-state index in [9.17, 15) is 0 Å². The third-order valence-electron chi connectivity index (χ3n) is 3.41. The summed E-state index contributed by atoms with van der Waals surface area (Å²) in [7, 11) is 0. The smallest absolute Gasteiger partial charge is 0.216 e. The van der Waals surface area contributed by atoms with Crippen LogP contribution in [0.4, 0.5) is 0 Å². The van der Waals surface area contributed by atoms with Gasteiger partial charge < -0.3 is 4.74 Å². The summed E-state index contributed by atoms with van der Waals surface area (Å²) in [6.45, 7) is 7.07. The van der Waals surface area contributed by atoms with E-state index in [2.05, 4.69) is 36.1 Å². The molecule has 0 saturated carbocycles. The van der Waals surface area contributed by atoms with Gasteiger partial charge in [0, 0.05) is 5.92 Å². The number of benzene rings is 1. The molecule has 1 heterocycles. The van der Waals surface area contributed by atoms with Crippen molar-refractivity contribution >= 4 is 18.4 Å². The summed E-state index contributed by atoms with van der Waals surface area (Å²) in [4.78, 5) is 0. The number of unbranched alkanes of at least 4 members (excludes halogenated alkanes) is 2. The molecule has 0 radical (unpaired) electrons. The minimum Gasteiger partial charge on any atom is -0.494 e. The Hall–Kier alpha value is -1.95. The van der Waals surface area contributed by atoms with Crippen LogP contribution in [-0.4, -0.2) is 27.7 Å². The number of aromatic nitrogens is 3. The van der Waals surface area contributed by atoms with Crippen molar-refractivity contribution in [3.05, 3.63) is 40.4 Å². The first-order valence-corrected chi connectivity index (χ1v) is 8.47. The van der Waals surface area contributed by atoms with E-state index in [4.69, 9.17) is 17.0 Å². The highest BCUT2D eigenvalue weighted by Gasteiger charge is 2.08. The van der Waals surface area contributed by atoms with Gasteiger partial charge in [-0.05, 0) is 48.5 Å². The van der Waals surface area contributed by atoms with Crippen LogP contribution in [-0.2, 0) is 0 Å². The lowest BCUT2D eigenvalue weighted by atomic mass is 10.2. The van der Waals surface area contributed by atoms with E-state index in [-0.39, 0.29) is 5.92 Å². The Labute approximate surface area is 142 Å². The molecule has 2 rings (SSSR count). The summed E-state index contributed by atoms with van der Waals surface area (Å²) in [6, 6.07) is 7.89. The molecule has 0 unspecified atom stereocenters. The third-order valence-corrected chi connectivity index (χ3v) is 3.68. The maximum Gasteiger partial charge on any atom is 0.216 e. The minimum absolute atomic E-state index is 0.249. The van der Waals surface area contributed by atoms with Gasteiger partial charge in [-0.1, -0.05) is 33.6 Å². The van der Waals surface area contributed by atoms with Crippen molar-refractivity contribution in [3.8, 4) is 5.75 Å². The molecule has 0 atom stereocenters. The first-order chi connectivity index (χ1) is 11.1. The predicted molar refractivity (Wildman–Crippen MR) is 96.0 cm³/mol. The Morgan fingerprint density at radius 2 is 2.04 bits per heavy atom. The highest BCUT2D eigenvalue weighted by atomic mass is 32.1. The van der Waals surface area contributed by atoms with Gasteiger partial charge in [-0.2, -0.15) is 14.9 Å². The molecule has 0 amide bonds. The van der Waals surface area contributed by atoms with Crippen LogP contribution < -0.4 is 4.74 Å². The van der Waals surface area contributed by atoms with Gasteiger partial charge in [-0.25, -0.2) is 0 Å². The van der Waals surface area contributed by atoms with Crippen LogP contribution in [0, 0.1) is 4.77 Å². The molecule has 0 aliphatic rings. The van der Waals surface area contributed by atoms with Crippen molar-refractivity contribution in [2.75, 3.05) is 6.61 Å². The predicted octanol–water partition coefficient (Wildman–Crippen LogP) is 4.52. The number of H-pyrrole nitrogens is 1. The van der Waals surface area contributed by atoms with Crippen LogP contribution in [0.2, 0.25) is 0 Å². The van der Waals surface area contributed by atoms with Gasteiger partial charge >= 0.3 is 0 Å². The van der Waals surface area contributed by atoms with E-state index in [0.29, 0.717) is 4.77 Å². The van der Waals surface area contributed by atoms with E-state index in [1.807, 2.05) is 24.3 Å². The lowest BCUT2D eigenvalue weighted by Crippen LogP contribution is -2.01. The summed E-state index contributed by atoms with van der Waals surface area (Å²) in [5.41, 5.74) is 0.990. The zero-order valence-electron chi connectivity index (χ0n) is 14.0. The van der Waals surface area contributed by atoms with E-state index in [1.165, 1.54) is 12.8 Å². The molecule has 0 saturated heterocycles. The second-order valence-electron chi connectivity index (χ2n) is 5.72. The minimum atomic E-state index is 0.249. The van der Waals surface area contributed by atoms with Crippen molar-refractivity contribution in [3.63, 3.8) is 0 Å². The number of nitrogens with zero attached hydrogens (tertiary/aromatic N) is 3. The van der Waals surface area contributed by atoms with Crippen molar-refractivity contribution in [1.29, 1.82) is 0 Å². The zero-order chi connectivity index (χ0) is 16.7. The van der Waals surface area contributed by atoms with Crippen molar-refractivity contribution < 1.29 is 4.74 Å². The van der Waals surface area contributed by atoms with E-state index in [0.717, 1.165) is 30.2 Å². The molecule has 23 heavy (non-hydrogen) atoms. The molecule has 2 aromatic rings. The SMILES string of the molecule is CCCCCOc1ccc(/C=N\n2c(C(C)C)n[nH]c2=S)cc1. The van der Waals surface area contributed by atoms with Gasteiger partial charge in [-0.15, -0.1) is 0 Å². The number of rotatable bonds is 8. The summed E-state index contributed by atoms with van der Waals surface area (Å²) in [5, 5.41) is 11.4. The van der Waals surface area contributed by atoms with Crippen LogP contribution in [0.3, 0.4) is 0 Å². The van der Waals surface area contributed by atoms with Crippen LogP contribution >= 0.6 is 12.2 Å². The van der Waals surface area contributed by atoms with Gasteiger partial charge in [0.2, 0.25) is 4.77 Å². The third kappa shape index (κ3) is 5.03. The van der Waals surface area contributed by atoms with Crippen LogP contribution in [0.1, 0.15) is 57.3 Å². The molecule has 1 aromatic heterocycles. The normalized spacial score (nSPS) is 11.5. The number of hydrogen-bond acceptors (Lipinski definition) is 4. The number of aromatic amines is 1. The lowest BCUT2D eigenvalue weighted by Gasteiger charge is -2.06. The molecular weight excluding hydrogens is 308 g/mol. The Kier molecular flexibility index (Phi) is 6.52. The maximum absolute atomic E-state index is 5.70. The quantitative estimate of drug-likeness (QED) is 0.439. The average Bonchev–Trinajstić information content (AvgIpc) is 2.92. The molecule has 0 aliphatic heterocycles. The highest BCUT2D eigenvalue weighted by molar-refractivity contribution is 7.71. The van der Waals surface area contributed by atoms with Crippen molar-refractivity contribution in [2.45, 2.75) is 46.0 Å². The van der Waals surface area contributed by atoms with Crippen LogP contribution in [0.25, 0.3) is 0 Å². The summed E-state index contributed by atoms with van der Waals surface area (Å²) < 4.78 is 7.86. The summed E-state index contributed by atoms with van der Waals surface area (Å²) >= 11 is 5.21. The molecule has 0 bridgehead atoms. The largest absolute Gasteiger partial charge is 0.494 e. The standard InChI is InChI=1S/C17H24N4OS/c1-4-5-6-11-22-15-9-7-14(8-10-15)12-18-21-16(13(2)3)19-20-17(21)23/h7-10,12-13H,4-6,11H2,1-3H3,(H,20,23)/b18-12-. The first kappa shape index (κ1) is 17.4. The second-order valence-corrected chi connectivity index (χ2v) is 6.11. The zero-order valence-corrected chi connectivity index (χ0v) is 14.8. The molecular formula is C17H24N4OS. The summed E-state index contributed by atoms with van der Waals surface area (Å²) in [6.07, 6.45) is 5.27. The molecule has 0 aliphatic carbocycles. The van der Waals surface area contributed by atoms with Gasteiger partial charge in [0.1, 0.15) is 5.75 Å². The Balaban J connectivity index is 2.01. The molecule has 1 N–H and O–H groups in total. The van der Waals surface area contributed by atoms with E-state index in [1.54, 1.807) is 10.9 Å². The molecule has 124 valence electrons. The molecule has 1 aromatic carbocycles. The molecule has 6 heteroatoms. The van der Waals surface area contributed by atoms with Gasteiger partial charge in [-0.3, -0.25) is 5.10 Å². The lowest BCUT2D eigenvalue weighted by molar-refractivity contribution is 0.306. The van der Waals surface area contributed by atoms with Gasteiger partial charge in [0.25, 0.3) is 0 Å². The molecule has 0 spiro atoms. The highest BCUT2D eigenvalue weighted by Crippen LogP contribution is 2.13. The Morgan fingerprint density at radius 3 is 2.70 bits per heavy atom. The monoisotopic (exact) mass is 332 g/mol. The molecule has 0 fully saturated rings. The second kappa shape index (κ2) is 8.62. The maximum atomic E-state index is 5.70. The summed E-state index contributed by atoms with van der Waals surface area (Å²) in [5.74, 6) is 1.96. The fourth-order valence-electron chi connectivity index (χ4n) is 2.11. The van der Waals surface area contributed by atoms with Crippen molar-refractivity contribution in [2.24, 2.45) is 5.10 Å². The number of ether oxygens (including phenoxy) is 1. The Bertz CT molecular complexity index is 685. The average molecular weight is 332 g/mol. The molecule has 5 nitrogen and oxygen atoms in total. The topological polar surface area (TPSA) is 55.2 Å². The number of nitrogens with one attached hydrogen (secondary N) is 1. The van der Waals surface area contributed by atoms with Gasteiger partial charge in [0.05, 0.1) is 12.8 Å². The number of hydrogen-bond donors (Lipinski definition) is 1. The van der Waals surface area contributed by atoms with E-state index < -0.39 is 0 Å². The first-order valence-electron chi connectivity index (χ1n) is 8.06. The van der Waals surface area contributed by atoms with Crippen LogP contribution in [0.15, 0.2) is 29.4 Å². The van der Waals surface area contributed by atoms with E-state index >= 15 is 0 Å². The fraction of sp³-hybridized carbons (Fsp3) is 0.471. The van der Waals surface area contributed by atoms with Crippen molar-refractivity contribution in [1.82, 2.24) is 14.9 Å². The van der Waals surface area contributed by atoms with Crippen LogP contribution in [0.5, 0.6) is 5.75 Å².